The van der Waals surface area contributed by atoms with Crippen LogP contribution in [-0.2, 0) is 0 Å². The number of rotatable bonds is 3. The minimum Gasteiger partial charge on any atom is -0.456 e. The van der Waals surface area contributed by atoms with E-state index in [-0.39, 0.29) is 0 Å². The highest BCUT2D eigenvalue weighted by Gasteiger charge is 2.06. The molecule has 0 amide bonds. The predicted molar refractivity (Wildman–Crippen MR) is 106 cm³/mol. The highest BCUT2D eigenvalue weighted by Crippen LogP contribution is 2.25. The molecule has 2 N–H and O–H groups in total. The van der Waals surface area contributed by atoms with Crippen molar-refractivity contribution in [2.24, 2.45) is 4.99 Å². The third-order valence-corrected chi connectivity index (χ3v) is 4.05. The van der Waals surface area contributed by atoms with Gasteiger partial charge in [-0.2, -0.15) is 0 Å². The van der Waals surface area contributed by atoms with Crippen molar-refractivity contribution in [2.45, 2.75) is 0 Å². The van der Waals surface area contributed by atoms with Gasteiger partial charge in [-0.25, -0.2) is 4.99 Å². The van der Waals surface area contributed by atoms with Gasteiger partial charge in [0.15, 0.2) is 0 Å². The van der Waals surface area contributed by atoms with E-state index in [9.17, 15) is 0 Å². The van der Waals surface area contributed by atoms with Gasteiger partial charge in [0.25, 0.3) is 0 Å². The third-order valence-electron chi connectivity index (χ3n) is 4.05. The van der Waals surface area contributed by atoms with Gasteiger partial charge in [0.2, 0.25) is 0 Å². The summed E-state index contributed by atoms with van der Waals surface area (Å²) in [7, 11) is 0. The second-order valence-electron chi connectivity index (χ2n) is 5.98. The van der Waals surface area contributed by atoms with E-state index in [0.29, 0.717) is 0 Å². The minimum atomic E-state index is 0.724. The second kappa shape index (κ2) is 7.11. The van der Waals surface area contributed by atoms with E-state index in [1.807, 2.05) is 97.1 Å². The van der Waals surface area contributed by atoms with Gasteiger partial charge in [-0.15, -0.1) is 0 Å². The average Bonchev–Trinajstić information content (AvgIpc) is 2.71. The third kappa shape index (κ3) is 3.57. The summed E-state index contributed by atoms with van der Waals surface area (Å²) in [4.78, 5) is 4.74. The van der Waals surface area contributed by atoms with Gasteiger partial charge in [-0.05, 0) is 24.3 Å². The summed E-state index contributed by atoms with van der Waals surface area (Å²) in [6, 6.07) is 31.5. The number of hydrogen-bond donors (Lipinski definition) is 1. The minimum absolute atomic E-state index is 0.724. The zero-order valence-corrected chi connectivity index (χ0v) is 14.2. The van der Waals surface area contributed by atoms with Crippen molar-refractivity contribution in [3.05, 3.63) is 102 Å². The number of nitrogens with zero attached hydrogens (tertiary/aromatic N) is 1. The molecule has 4 rings (SSSR count). The fourth-order valence-corrected chi connectivity index (χ4v) is 2.74. The lowest BCUT2D eigenvalue weighted by Gasteiger charge is -2.06. The van der Waals surface area contributed by atoms with Crippen LogP contribution in [0.4, 0.5) is 11.4 Å². The van der Waals surface area contributed by atoms with Gasteiger partial charge in [-0.3, -0.25) is 0 Å². The maximum Gasteiger partial charge on any atom is 0.136 e. The van der Waals surface area contributed by atoms with Crippen molar-refractivity contribution in [3.8, 4) is 22.6 Å². The van der Waals surface area contributed by atoms with Gasteiger partial charge in [0.1, 0.15) is 11.5 Å². The smallest absolute Gasteiger partial charge is 0.136 e. The first kappa shape index (κ1) is 15.9. The fourth-order valence-electron chi connectivity index (χ4n) is 2.74. The van der Waals surface area contributed by atoms with Crippen LogP contribution in [0.1, 0.15) is 0 Å². The van der Waals surface area contributed by atoms with Crippen molar-refractivity contribution in [2.75, 3.05) is 5.73 Å². The van der Waals surface area contributed by atoms with Crippen LogP contribution in [0, 0.1) is 0 Å². The maximum absolute atomic E-state index is 6.17. The molecule has 0 aliphatic carbocycles. The standard InChI is InChI=1S/C23H18N2O/c24-19-11-13-20(14-12-19)25-21-15-22(17-7-3-1-4-8-17)26-23(16-21)18-9-5-2-6-10-18/h1-16H,24H2. The van der Waals surface area contributed by atoms with Crippen molar-refractivity contribution in [1.29, 1.82) is 0 Å². The van der Waals surface area contributed by atoms with E-state index >= 15 is 0 Å². The summed E-state index contributed by atoms with van der Waals surface area (Å²) in [6.07, 6.45) is 0. The molecule has 0 fully saturated rings. The molecule has 0 radical (unpaired) electrons. The summed E-state index contributed by atoms with van der Waals surface area (Å²) in [5.41, 5.74) is 9.36. The van der Waals surface area contributed by atoms with Gasteiger partial charge < -0.3 is 10.2 Å². The average molecular weight is 338 g/mol. The molecule has 3 heteroatoms. The lowest BCUT2D eigenvalue weighted by atomic mass is 10.1. The number of anilines is 1. The largest absolute Gasteiger partial charge is 0.456 e. The quantitative estimate of drug-likeness (QED) is 0.507. The van der Waals surface area contributed by atoms with E-state index < -0.39 is 0 Å². The Kier molecular flexibility index (Phi) is 4.35. The molecule has 0 unspecified atom stereocenters. The molecule has 0 aliphatic rings. The van der Waals surface area contributed by atoms with E-state index in [0.717, 1.165) is 39.4 Å². The van der Waals surface area contributed by atoms with Crippen molar-refractivity contribution in [1.82, 2.24) is 0 Å². The molecule has 0 atom stereocenters. The van der Waals surface area contributed by atoms with Crippen LogP contribution in [0.3, 0.4) is 0 Å². The lowest BCUT2D eigenvalue weighted by molar-refractivity contribution is 0.579. The highest BCUT2D eigenvalue weighted by molar-refractivity contribution is 5.62. The molecular weight excluding hydrogens is 320 g/mol. The van der Waals surface area contributed by atoms with Gasteiger partial charge in [-0.1, -0.05) is 60.7 Å². The Morgan fingerprint density at radius 3 is 1.62 bits per heavy atom. The lowest BCUT2D eigenvalue weighted by Crippen LogP contribution is -2.01. The van der Waals surface area contributed by atoms with E-state index in [1.165, 1.54) is 0 Å². The van der Waals surface area contributed by atoms with Crippen LogP contribution in [-0.4, -0.2) is 0 Å². The SMILES string of the molecule is Nc1ccc(N=c2cc(-c3ccccc3)oc(-c3ccccc3)c2)cc1. The molecular formula is C23H18N2O. The number of nitrogens with two attached hydrogens (primary N) is 1. The Labute approximate surface area is 152 Å². The summed E-state index contributed by atoms with van der Waals surface area (Å²) in [5.74, 6) is 1.56. The summed E-state index contributed by atoms with van der Waals surface area (Å²) in [6.45, 7) is 0. The van der Waals surface area contributed by atoms with E-state index in [2.05, 4.69) is 0 Å². The Morgan fingerprint density at radius 1 is 0.615 bits per heavy atom. The molecule has 0 saturated heterocycles. The molecule has 126 valence electrons. The zero-order valence-electron chi connectivity index (χ0n) is 14.2. The van der Waals surface area contributed by atoms with Crippen LogP contribution >= 0.6 is 0 Å². The second-order valence-corrected chi connectivity index (χ2v) is 5.98. The van der Waals surface area contributed by atoms with Crippen molar-refractivity contribution >= 4 is 11.4 Å². The summed E-state index contributed by atoms with van der Waals surface area (Å²) < 4.78 is 6.17. The normalized spacial score (nSPS) is 10.5. The molecule has 3 nitrogen and oxygen atoms in total. The fraction of sp³-hybridized carbons (Fsp3) is 0. The highest BCUT2D eigenvalue weighted by atomic mass is 16.3. The summed E-state index contributed by atoms with van der Waals surface area (Å²) in [5, 5.41) is 0.832. The predicted octanol–water partition coefficient (Wildman–Crippen LogP) is 5.43. The Bertz CT molecular complexity index is 1010. The van der Waals surface area contributed by atoms with Gasteiger partial charge in [0, 0.05) is 28.9 Å². The zero-order chi connectivity index (χ0) is 17.8. The number of nitrogen functional groups attached to an aromatic ring is 1. The molecule has 3 aromatic carbocycles. The van der Waals surface area contributed by atoms with Crippen molar-refractivity contribution in [3.63, 3.8) is 0 Å². The van der Waals surface area contributed by atoms with Crippen LogP contribution in [0.2, 0.25) is 0 Å². The van der Waals surface area contributed by atoms with Gasteiger partial charge >= 0.3 is 0 Å². The first-order valence-electron chi connectivity index (χ1n) is 8.44. The Hall–Kier alpha value is -3.59. The monoisotopic (exact) mass is 338 g/mol. The molecule has 0 saturated carbocycles. The van der Waals surface area contributed by atoms with E-state index in [4.69, 9.17) is 15.1 Å². The molecule has 0 bridgehead atoms. The molecule has 1 aromatic heterocycles. The molecule has 1 heterocycles. The van der Waals surface area contributed by atoms with Crippen LogP contribution in [0.25, 0.3) is 22.6 Å². The molecule has 4 aromatic rings. The van der Waals surface area contributed by atoms with Crippen LogP contribution in [0.5, 0.6) is 0 Å². The van der Waals surface area contributed by atoms with E-state index in [1.54, 1.807) is 0 Å². The first-order chi connectivity index (χ1) is 12.8. The Morgan fingerprint density at radius 2 is 1.12 bits per heavy atom. The topological polar surface area (TPSA) is 51.5 Å². The molecule has 0 spiro atoms. The number of benzene rings is 3. The van der Waals surface area contributed by atoms with Crippen molar-refractivity contribution < 1.29 is 4.42 Å². The molecule has 0 aliphatic heterocycles. The van der Waals surface area contributed by atoms with Crippen LogP contribution in [0.15, 0.2) is 106 Å². The first-order valence-corrected chi connectivity index (χ1v) is 8.44. The maximum atomic E-state index is 6.17. The Balaban J connectivity index is 1.89. The summed E-state index contributed by atoms with van der Waals surface area (Å²) >= 11 is 0. The van der Waals surface area contributed by atoms with Crippen LogP contribution < -0.4 is 11.1 Å². The number of hydrogen-bond acceptors (Lipinski definition) is 3. The molecule has 26 heavy (non-hydrogen) atoms. The van der Waals surface area contributed by atoms with Gasteiger partial charge in [0.05, 0.1) is 11.0 Å².